The Balaban J connectivity index is 1.88. The zero-order valence-corrected chi connectivity index (χ0v) is 13.2. The monoisotopic (exact) mass is 335 g/mol. The van der Waals surface area contributed by atoms with Gasteiger partial charge in [0.1, 0.15) is 0 Å². The number of hydrogen-bond acceptors (Lipinski definition) is 2. The largest absolute Gasteiger partial charge is 0.354 e. The first kappa shape index (κ1) is 14.8. The first-order valence-corrected chi connectivity index (χ1v) is 7.38. The predicted octanol–water partition coefficient (Wildman–Crippen LogP) is 2.93. The van der Waals surface area contributed by atoms with Gasteiger partial charge in [0.2, 0.25) is 0 Å². The Bertz CT molecular complexity index is 594. The molecule has 1 amide bonds. The molecule has 2 aromatic heterocycles. The number of amides is 1. The summed E-state index contributed by atoms with van der Waals surface area (Å²) in [7, 11) is 2.03. The minimum atomic E-state index is -0.0707. The van der Waals surface area contributed by atoms with E-state index in [0.29, 0.717) is 10.0 Å². The third-order valence-electron chi connectivity index (χ3n) is 3.28. The average Bonchev–Trinajstić information content (AvgIpc) is 2.82. The fourth-order valence-electron chi connectivity index (χ4n) is 2.05. The molecule has 0 fully saturated rings. The quantitative estimate of drug-likeness (QED) is 0.913. The lowest BCUT2D eigenvalue weighted by Gasteiger charge is -2.14. The number of hydrogen-bond donors (Lipinski definition) is 1. The lowest BCUT2D eigenvalue weighted by molar-refractivity contribution is 0.0937. The van der Waals surface area contributed by atoms with Crippen LogP contribution in [-0.4, -0.2) is 21.5 Å². The maximum Gasteiger partial charge on any atom is 0.252 e. The van der Waals surface area contributed by atoms with Gasteiger partial charge in [-0.2, -0.15) is 0 Å². The molecule has 0 unspecified atom stereocenters. The number of rotatable bonds is 5. The van der Waals surface area contributed by atoms with E-state index in [4.69, 9.17) is 0 Å². The van der Waals surface area contributed by atoms with Crippen LogP contribution in [0.15, 0.2) is 41.3 Å². The van der Waals surface area contributed by atoms with E-state index in [1.807, 2.05) is 26.2 Å². The zero-order chi connectivity index (χ0) is 14.5. The van der Waals surface area contributed by atoms with E-state index in [0.717, 1.165) is 12.8 Å². The first-order valence-electron chi connectivity index (χ1n) is 6.58. The molecule has 0 aromatic carbocycles. The standard InChI is InChI=1S/C15H18BrN3O/c1-11(5-6-12-4-3-9-19(12)2)18-15(20)13-7-8-17-10-14(13)16/h3-4,7-11H,5-6H2,1-2H3,(H,18,20)/t11-/m1/s1. The van der Waals surface area contributed by atoms with E-state index >= 15 is 0 Å². The van der Waals surface area contributed by atoms with Gasteiger partial charge in [-0.1, -0.05) is 0 Å². The summed E-state index contributed by atoms with van der Waals surface area (Å²) in [6.07, 6.45) is 7.14. The van der Waals surface area contributed by atoms with Crippen molar-refractivity contribution in [1.29, 1.82) is 0 Å². The van der Waals surface area contributed by atoms with Crippen LogP contribution in [0, 0.1) is 0 Å². The van der Waals surface area contributed by atoms with Crippen LogP contribution >= 0.6 is 15.9 Å². The average molecular weight is 336 g/mol. The summed E-state index contributed by atoms with van der Waals surface area (Å²) in [6, 6.07) is 5.97. The van der Waals surface area contributed by atoms with Crippen LogP contribution in [0.5, 0.6) is 0 Å². The molecule has 0 aliphatic heterocycles. The zero-order valence-electron chi connectivity index (χ0n) is 11.6. The molecule has 20 heavy (non-hydrogen) atoms. The molecule has 0 aliphatic rings. The van der Waals surface area contributed by atoms with Crippen LogP contribution in [0.4, 0.5) is 0 Å². The maximum atomic E-state index is 12.1. The molecule has 2 aromatic rings. The van der Waals surface area contributed by atoms with Crippen LogP contribution in [-0.2, 0) is 13.5 Å². The Labute approximate surface area is 127 Å². The van der Waals surface area contributed by atoms with Gasteiger partial charge in [0.05, 0.1) is 5.56 Å². The summed E-state index contributed by atoms with van der Waals surface area (Å²) in [5.74, 6) is -0.0707. The number of pyridine rings is 1. The van der Waals surface area contributed by atoms with Gasteiger partial charge in [0.25, 0.3) is 5.91 Å². The van der Waals surface area contributed by atoms with E-state index in [2.05, 4.69) is 36.9 Å². The number of carbonyl (C=O) groups is 1. The molecule has 0 radical (unpaired) electrons. The lowest BCUT2D eigenvalue weighted by atomic mass is 10.1. The highest BCUT2D eigenvalue weighted by atomic mass is 79.9. The van der Waals surface area contributed by atoms with Gasteiger partial charge in [-0.25, -0.2) is 0 Å². The highest BCUT2D eigenvalue weighted by Crippen LogP contribution is 2.14. The van der Waals surface area contributed by atoms with Gasteiger partial charge in [-0.3, -0.25) is 9.78 Å². The minimum absolute atomic E-state index is 0.0707. The fraction of sp³-hybridized carbons (Fsp3) is 0.333. The normalized spacial score (nSPS) is 12.2. The van der Waals surface area contributed by atoms with Crippen molar-refractivity contribution in [1.82, 2.24) is 14.9 Å². The van der Waals surface area contributed by atoms with E-state index in [1.165, 1.54) is 5.69 Å². The van der Waals surface area contributed by atoms with E-state index in [1.54, 1.807) is 18.5 Å². The number of nitrogens with one attached hydrogen (secondary N) is 1. The van der Waals surface area contributed by atoms with E-state index in [-0.39, 0.29) is 11.9 Å². The number of aromatic nitrogens is 2. The second-order valence-corrected chi connectivity index (χ2v) is 5.73. The number of halogens is 1. The van der Waals surface area contributed by atoms with Crippen LogP contribution in [0.3, 0.4) is 0 Å². The molecular weight excluding hydrogens is 318 g/mol. The highest BCUT2D eigenvalue weighted by Gasteiger charge is 2.12. The van der Waals surface area contributed by atoms with Gasteiger partial charge < -0.3 is 9.88 Å². The van der Waals surface area contributed by atoms with E-state index in [9.17, 15) is 4.79 Å². The maximum absolute atomic E-state index is 12.1. The molecule has 106 valence electrons. The molecule has 0 bridgehead atoms. The molecule has 2 heterocycles. The lowest BCUT2D eigenvalue weighted by Crippen LogP contribution is -2.33. The summed E-state index contributed by atoms with van der Waals surface area (Å²) in [5.41, 5.74) is 1.89. The van der Waals surface area contributed by atoms with Crippen LogP contribution in [0.25, 0.3) is 0 Å². The molecule has 0 spiro atoms. The second-order valence-electron chi connectivity index (χ2n) is 4.88. The fourth-order valence-corrected chi connectivity index (χ4v) is 2.48. The Morgan fingerprint density at radius 3 is 2.95 bits per heavy atom. The summed E-state index contributed by atoms with van der Waals surface area (Å²) in [5, 5.41) is 3.01. The van der Waals surface area contributed by atoms with Gasteiger partial charge in [-0.15, -0.1) is 0 Å². The SMILES string of the molecule is C[C@H](CCc1cccn1C)NC(=O)c1ccncc1Br. The van der Waals surface area contributed by atoms with Crippen LogP contribution in [0.1, 0.15) is 29.4 Å². The third kappa shape index (κ3) is 3.70. The van der Waals surface area contributed by atoms with Crippen molar-refractivity contribution in [3.8, 4) is 0 Å². The Morgan fingerprint density at radius 2 is 2.30 bits per heavy atom. The summed E-state index contributed by atoms with van der Waals surface area (Å²) < 4.78 is 2.82. The van der Waals surface area contributed by atoms with Crippen LogP contribution < -0.4 is 5.32 Å². The van der Waals surface area contributed by atoms with Crippen molar-refractivity contribution in [3.05, 3.63) is 52.5 Å². The molecular formula is C15H18BrN3O. The Hall–Kier alpha value is -1.62. The highest BCUT2D eigenvalue weighted by molar-refractivity contribution is 9.10. The van der Waals surface area contributed by atoms with Gasteiger partial charge in [-0.05, 0) is 53.9 Å². The minimum Gasteiger partial charge on any atom is -0.354 e. The summed E-state index contributed by atoms with van der Waals surface area (Å²) in [4.78, 5) is 16.1. The van der Waals surface area contributed by atoms with Crippen molar-refractivity contribution >= 4 is 21.8 Å². The second kappa shape index (κ2) is 6.70. The smallest absolute Gasteiger partial charge is 0.252 e. The van der Waals surface area contributed by atoms with Crippen molar-refractivity contribution < 1.29 is 4.79 Å². The molecule has 1 atom stereocenters. The summed E-state index contributed by atoms with van der Waals surface area (Å²) in [6.45, 7) is 2.02. The van der Waals surface area contributed by atoms with Gasteiger partial charge in [0, 0.05) is 41.8 Å². The molecule has 1 N–H and O–H groups in total. The van der Waals surface area contributed by atoms with Crippen LogP contribution in [0.2, 0.25) is 0 Å². The molecule has 0 aliphatic carbocycles. The topological polar surface area (TPSA) is 46.9 Å². The van der Waals surface area contributed by atoms with Crippen molar-refractivity contribution in [2.45, 2.75) is 25.8 Å². The van der Waals surface area contributed by atoms with Gasteiger partial charge >= 0.3 is 0 Å². The molecule has 2 rings (SSSR count). The van der Waals surface area contributed by atoms with Gasteiger partial charge in [0.15, 0.2) is 0 Å². The van der Waals surface area contributed by atoms with Crippen molar-refractivity contribution in [3.63, 3.8) is 0 Å². The molecule has 0 saturated carbocycles. The Kier molecular flexibility index (Phi) is 4.95. The molecule has 4 nitrogen and oxygen atoms in total. The van der Waals surface area contributed by atoms with E-state index < -0.39 is 0 Å². The number of carbonyl (C=O) groups excluding carboxylic acids is 1. The van der Waals surface area contributed by atoms with Crippen molar-refractivity contribution in [2.75, 3.05) is 0 Å². The number of nitrogens with zero attached hydrogens (tertiary/aromatic N) is 2. The first-order chi connectivity index (χ1) is 9.58. The molecule has 5 heteroatoms. The number of aryl methyl sites for hydroxylation is 2. The Morgan fingerprint density at radius 1 is 1.50 bits per heavy atom. The predicted molar refractivity (Wildman–Crippen MR) is 82.6 cm³/mol. The molecule has 0 saturated heterocycles. The third-order valence-corrected chi connectivity index (χ3v) is 3.91. The summed E-state index contributed by atoms with van der Waals surface area (Å²) >= 11 is 3.34. The van der Waals surface area contributed by atoms with Crippen molar-refractivity contribution in [2.24, 2.45) is 7.05 Å².